The molecule has 0 aliphatic carbocycles. The van der Waals surface area contributed by atoms with Crippen molar-refractivity contribution in [3.05, 3.63) is 35.4 Å². The molecule has 0 radical (unpaired) electrons. The summed E-state index contributed by atoms with van der Waals surface area (Å²) < 4.78 is 4.90. The highest BCUT2D eigenvalue weighted by Gasteiger charge is 2.16. The van der Waals surface area contributed by atoms with Gasteiger partial charge in [0.25, 0.3) is 5.91 Å². The van der Waals surface area contributed by atoms with Crippen LogP contribution in [0.1, 0.15) is 43.1 Å². The Morgan fingerprint density at radius 1 is 1.27 bits per heavy atom. The van der Waals surface area contributed by atoms with Crippen LogP contribution < -0.4 is 10.6 Å². The van der Waals surface area contributed by atoms with Crippen LogP contribution in [0.25, 0.3) is 0 Å². The molecule has 1 aromatic carbocycles. The highest BCUT2D eigenvalue weighted by atomic mass is 16.5. The van der Waals surface area contributed by atoms with Gasteiger partial charge < -0.3 is 15.4 Å². The molecule has 0 saturated heterocycles. The van der Waals surface area contributed by atoms with Crippen molar-refractivity contribution in [3.8, 4) is 0 Å². The Kier molecular flexibility index (Phi) is 7.43. The number of hydrogen-bond donors (Lipinski definition) is 2. The third-order valence-corrected chi connectivity index (χ3v) is 3.14. The van der Waals surface area contributed by atoms with E-state index >= 15 is 0 Å². The van der Waals surface area contributed by atoms with E-state index < -0.39 is 6.09 Å². The average molecular weight is 306 g/mol. The van der Waals surface area contributed by atoms with Crippen LogP contribution in [0.3, 0.4) is 0 Å². The van der Waals surface area contributed by atoms with Crippen LogP contribution in [0.5, 0.6) is 0 Å². The third kappa shape index (κ3) is 6.61. The highest BCUT2D eigenvalue weighted by molar-refractivity contribution is 5.94. The second-order valence-electron chi connectivity index (χ2n) is 5.77. The minimum absolute atomic E-state index is 0.136. The van der Waals surface area contributed by atoms with Gasteiger partial charge in [-0.25, -0.2) is 4.79 Å². The predicted molar refractivity (Wildman–Crippen MR) is 86.9 cm³/mol. The molecule has 1 atom stereocenters. The van der Waals surface area contributed by atoms with Gasteiger partial charge in [-0.1, -0.05) is 31.5 Å². The number of ether oxygens (including phenoxy) is 1. The largest absolute Gasteiger partial charge is 0.450 e. The summed E-state index contributed by atoms with van der Waals surface area (Å²) in [4.78, 5) is 23.7. The smallest absolute Gasteiger partial charge is 0.407 e. The number of carbonyl (C=O) groups excluding carboxylic acids is 2. The molecule has 122 valence electrons. The quantitative estimate of drug-likeness (QED) is 0.814. The van der Waals surface area contributed by atoms with Crippen LogP contribution in [-0.4, -0.2) is 31.2 Å². The molecule has 0 fully saturated rings. The molecule has 0 aliphatic rings. The molecular weight excluding hydrogens is 280 g/mol. The number of aryl methyl sites for hydroxylation is 1. The van der Waals surface area contributed by atoms with Crippen molar-refractivity contribution in [2.75, 3.05) is 13.2 Å². The zero-order chi connectivity index (χ0) is 16.5. The molecule has 22 heavy (non-hydrogen) atoms. The van der Waals surface area contributed by atoms with Gasteiger partial charge in [-0.3, -0.25) is 4.79 Å². The van der Waals surface area contributed by atoms with E-state index in [0.717, 1.165) is 12.0 Å². The molecule has 2 N–H and O–H groups in total. The van der Waals surface area contributed by atoms with E-state index in [4.69, 9.17) is 4.74 Å². The molecule has 0 unspecified atom stereocenters. The van der Waals surface area contributed by atoms with Gasteiger partial charge >= 0.3 is 6.09 Å². The molecule has 0 saturated carbocycles. The average Bonchev–Trinajstić information content (AvgIpc) is 2.44. The van der Waals surface area contributed by atoms with E-state index in [1.54, 1.807) is 13.0 Å². The maximum Gasteiger partial charge on any atom is 0.407 e. The maximum atomic E-state index is 12.1. The van der Waals surface area contributed by atoms with Crippen LogP contribution in [-0.2, 0) is 4.74 Å². The lowest BCUT2D eigenvalue weighted by atomic mass is 10.0. The lowest BCUT2D eigenvalue weighted by Crippen LogP contribution is -2.44. The van der Waals surface area contributed by atoms with Crippen molar-refractivity contribution in [3.63, 3.8) is 0 Å². The van der Waals surface area contributed by atoms with Gasteiger partial charge in [-0.15, -0.1) is 0 Å². The Morgan fingerprint density at radius 2 is 2.00 bits per heavy atom. The van der Waals surface area contributed by atoms with E-state index in [-0.39, 0.29) is 11.9 Å². The van der Waals surface area contributed by atoms with Crippen molar-refractivity contribution >= 4 is 12.0 Å². The molecular formula is C17H26N2O3. The summed E-state index contributed by atoms with van der Waals surface area (Å²) in [6, 6.07) is 7.27. The second-order valence-corrected chi connectivity index (χ2v) is 5.77. The standard InChI is InChI=1S/C17H26N2O3/c1-5-22-17(21)19-15(9-12(2)3)11-18-16(20)14-8-6-7-13(4)10-14/h6-8,10,12,15H,5,9,11H2,1-4H3,(H,18,20)(H,19,21)/t15-/m0/s1. The van der Waals surface area contributed by atoms with Gasteiger partial charge in [0.1, 0.15) is 0 Å². The van der Waals surface area contributed by atoms with Gasteiger partial charge in [0, 0.05) is 18.2 Å². The van der Waals surface area contributed by atoms with Crippen molar-refractivity contribution in [1.82, 2.24) is 10.6 Å². The van der Waals surface area contributed by atoms with Crippen LogP contribution in [0.4, 0.5) is 4.79 Å². The third-order valence-electron chi connectivity index (χ3n) is 3.14. The molecule has 0 heterocycles. The van der Waals surface area contributed by atoms with Gasteiger partial charge in [-0.05, 0) is 38.3 Å². The normalized spacial score (nSPS) is 11.9. The zero-order valence-electron chi connectivity index (χ0n) is 13.8. The van der Waals surface area contributed by atoms with E-state index in [9.17, 15) is 9.59 Å². The Hall–Kier alpha value is -2.04. The van der Waals surface area contributed by atoms with Crippen LogP contribution in [0.15, 0.2) is 24.3 Å². The summed E-state index contributed by atoms with van der Waals surface area (Å²) in [7, 11) is 0. The number of carbonyl (C=O) groups is 2. The molecule has 1 aromatic rings. The first-order valence-electron chi connectivity index (χ1n) is 7.70. The van der Waals surface area contributed by atoms with Gasteiger partial charge in [0.2, 0.25) is 0 Å². The van der Waals surface area contributed by atoms with Gasteiger partial charge in [0.15, 0.2) is 0 Å². The summed E-state index contributed by atoms with van der Waals surface area (Å²) in [5, 5.41) is 5.66. The van der Waals surface area contributed by atoms with E-state index in [1.165, 1.54) is 0 Å². The molecule has 0 bridgehead atoms. The molecule has 0 aliphatic heterocycles. The summed E-state index contributed by atoms with van der Waals surface area (Å²) in [6.07, 6.45) is 0.324. The lowest BCUT2D eigenvalue weighted by molar-refractivity contribution is 0.0944. The first-order valence-corrected chi connectivity index (χ1v) is 7.70. The van der Waals surface area contributed by atoms with Crippen molar-refractivity contribution in [2.24, 2.45) is 5.92 Å². The molecule has 0 aromatic heterocycles. The Morgan fingerprint density at radius 3 is 2.59 bits per heavy atom. The summed E-state index contributed by atoms with van der Waals surface area (Å²) in [6.45, 7) is 8.56. The summed E-state index contributed by atoms with van der Waals surface area (Å²) in [5.41, 5.74) is 1.66. The van der Waals surface area contributed by atoms with E-state index in [2.05, 4.69) is 24.5 Å². The molecule has 5 heteroatoms. The fourth-order valence-electron chi connectivity index (χ4n) is 2.21. The zero-order valence-corrected chi connectivity index (χ0v) is 13.8. The van der Waals surface area contributed by atoms with Crippen molar-refractivity contribution in [1.29, 1.82) is 0 Å². The molecule has 0 spiro atoms. The minimum Gasteiger partial charge on any atom is -0.450 e. The van der Waals surface area contributed by atoms with E-state index in [1.807, 2.05) is 25.1 Å². The molecule has 5 nitrogen and oxygen atoms in total. The van der Waals surface area contributed by atoms with Gasteiger partial charge in [-0.2, -0.15) is 0 Å². The number of nitrogens with one attached hydrogen (secondary N) is 2. The van der Waals surface area contributed by atoms with Crippen LogP contribution >= 0.6 is 0 Å². The monoisotopic (exact) mass is 306 g/mol. The fraction of sp³-hybridized carbons (Fsp3) is 0.529. The van der Waals surface area contributed by atoms with Crippen LogP contribution in [0, 0.1) is 12.8 Å². The maximum absolute atomic E-state index is 12.1. The second kappa shape index (κ2) is 9.07. The van der Waals surface area contributed by atoms with E-state index in [0.29, 0.717) is 24.6 Å². The Bertz CT molecular complexity index is 500. The number of rotatable bonds is 7. The first kappa shape index (κ1) is 18.0. The fourth-order valence-corrected chi connectivity index (χ4v) is 2.21. The SMILES string of the molecule is CCOC(=O)N[C@H](CNC(=O)c1cccc(C)c1)CC(C)C. The highest BCUT2D eigenvalue weighted by Crippen LogP contribution is 2.06. The molecule has 1 rings (SSSR count). The summed E-state index contributed by atoms with van der Waals surface area (Å²) >= 11 is 0. The van der Waals surface area contributed by atoms with Crippen molar-refractivity contribution < 1.29 is 14.3 Å². The number of hydrogen-bond acceptors (Lipinski definition) is 3. The predicted octanol–water partition coefficient (Wildman–Crippen LogP) is 2.89. The number of alkyl carbamates (subject to hydrolysis) is 1. The van der Waals surface area contributed by atoms with Gasteiger partial charge in [0.05, 0.1) is 6.61 Å². The number of benzene rings is 1. The number of amides is 2. The Labute approximate surface area is 132 Å². The lowest BCUT2D eigenvalue weighted by Gasteiger charge is -2.20. The summed E-state index contributed by atoms with van der Waals surface area (Å²) in [5.74, 6) is 0.269. The topological polar surface area (TPSA) is 67.4 Å². The van der Waals surface area contributed by atoms with Crippen LogP contribution in [0.2, 0.25) is 0 Å². The van der Waals surface area contributed by atoms with Crippen molar-refractivity contribution in [2.45, 2.75) is 40.2 Å². The Balaban J connectivity index is 2.58. The minimum atomic E-state index is -0.446. The molecule has 2 amide bonds. The first-order chi connectivity index (χ1) is 10.4.